The van der Waals surface area contributed by atoms with E-state index >= 15 is 0 Å². The summed E-state index contributed by atoms with van der Waals surface area (Å²) in [6.45, 7) is 1.33. The van der Waals surface area contributed by atoms with Crippen LogP contribution < -0.4 is 16.2 Å². The maximum atomic E-state index is 10.9. The lowest BCUT2D eigenvalue weighted by molar-refractivity contribution is -0.131. The number of rotatable bonds is 3. The van der Waals surface area contributed by atoms with Gasteiger partial charge in [0.15, 0.2) is 5.75 Å². The maximum Gasteiger partial charge on any atom is 0.308 e. The Bertz CT molecular complexity index is 654. The number of esters is 1. The lowest BCUT2D eigenvalue weighted by Gasteiger charge is -2.08. The highest BCUT2D eigenvalue weighted by atomic mass is 16.5. The first kappa shape index (κ1) is 13.7. The summed E-state index contributed by atoms with van der Waals surface area (Å²) in [7, 11) is 0. The number of phenolic OH excluding ortho intramolecular Hbond substituents is 1. The van der Waals surface area contributed by atoms with Gasteiger partial charge in [-0.05, 0) is 41.8 Å². The smallest absolute Gasteiger partial charge is 0.308 e. The Morgan fingerprint density at radius 2 is 1.70 bits per heavy atom. The number of hydrogen-bond donors (Lipinski definition) is 3. The van der Waals surface area contributed by atoms with Crippen LogP contribution in [0, 0.1) is 0 Å². The Morgan fingerprint density at radius 1 is 1.10 bits per heavy atom. The minimum absolute atomic E-state index is 0.0680. The quantitative estimate of drug-likeness (QED) is 0.344. The zero-order valence-corrected chi connectivity index (χ0v) is 11.1. The summed E-state index contributed by atoms with van der Waals surface area (Å²) in [5.74, 6) is 0.0145. The van der Waals surface area contributed by atoms with Crippen molar-refractivity contribution in [3.05, 3.63) is 47.5 Å². The molecule has 2 rings (SSSR count). The van der Waals surface area contributed by atoms with Crippen LogP contribution in [-0.2, 0) is 11.2 Å². The first-order chi connectivity index (χ1) is 9.45. The van der Waals surface area contributed by atoms with E-state index in [4.69, 9.17) is 16.2 Å². The molecule has 5 N–H and O–H groups in total. The van der Waals surface area contributed by atoms with Crippen LogP contribution in [0.15, 0.2) is 36.4 Å². The third-order valence-corrected chi connectivity index (χ3v) is 2.83. The Labute approximate surface area is 116 Å². The van der Waals surface area contributed by atoms with Crippen molar-refractivity contribution in [3.8, 4) is 11.5 Å². The minimum Gasteiger partial charge on any atom is -0.506 e. The van der Waals surface area contributed by atoms with Gasteiger partial charge in [-0.3, -0.25) is 4.79 Å². The van der Waals surface area contributed by atoms with Crippen molar-refractivity contribution in [2.45, 2.75) is 13.3 Å². The number of nitrogens with two attached hydrogens (primary N) is 2. The van der Waals surface area contributed by atoms with Crippen molar-refractivity contribution < 1.29 is 14.6 Å². The van der Waals surface area contributed by atoms with Crippen LogP contribution in [0.5, 0.6) is 11.5 Å². The molecule has 0 atom stereocenters. The van der Waals surface area contributed by atoms with Crippen LogP contribution in [0.4, 0.5) is 11.4 Å². The van der Waals surface area contributed by atoms with E-state index in [2.05, 4.69) is 0 Å². The molecule has 104 valence electrons. The SMILES string of the molecule is CC(=O)Oc1ccc(Cc2ccc(O)c(N)c2)cc1N. The number of carbonyl (C=O) groups excluding carboxylic acids is 1. The molecule has 0 fully saturated rings. The predicted molar refractivity (Wildman–Crippen MR) is 77.5 cm³/mol. The molecule has 0 saturated carbocycles. The van der Waals surface area contributed by atoms with Crippen molar-refractivity contribution >= 4 is 17.3 Å². The summed E-state index contributed by atoms with van der Waals surface area (Å²) in [5.41, 5.74) is 14.2. The second-order valence-corrected chi connectivity index (χ2v) is 4.54. The molecular formula is C15H16N2O3. The molecular weight excluding hydrogens is 256 g/mol. The summed E-state index contributed by atoms with van der Waals surface area (Å²) in [6.07, 6.45) is 0.620. The molecule has 0 radical (unpaired) electrons. The molecule has 2 aromatic rings. The number of carbonyl (C=O) groups is 1. The van der Waals surface area contributed by atoms with Crippen LogP contribution in [-0.4, -0.2) is 11.1 Å². The number of phenols is 1. The van der Waals surface area contributed by atoms with Gasteiger partial charge in [-0.25, -0.2) is 0 Å². The molecule has 2 aromatic carbocycles. The second-order valence-electron chi connectivity index (χ2n) is 4.54. The third-order valence-electron chi connectivity index (χ3n) is 2.83. The molecule has 0 unspecified atom stereocenters. The van der Waals surface area contributed by atoms with Crippen molar-refractivity contribution in [3.63, 3.8) is 0 Å². The number of ether oxygens (including phenoxy) is 1. The van der Waals surface area contributed by atoms with E-state index in [1.165, 1.54) is 6.92 Å². The van der Waals surface area contributed by atoms with Gasteiger partial charge in [0.05, 0.1) is 11.4 Å². The molecule has 0 aliphatic heterocycles. The monoisotopic (exact) mass is 272 g/mol. The van der Waals surface area contributed by atoms with Gasteiger partial charge in [0, 0.05) is 6.92 Å². The first-order valence-corrected chi connectivity index (χ1v) is 6.10. The fraction of sp³-hybridized carbons (Fsp3) is 0.133. The average molecular weight is 272 g/mol. The predicted octanol–water partition coefficient (Wildman–Crippen LogP) is 2.07. The van der Waals surface area contributed by atoms with E-state index in [9.17, 15) is 9.90 Å². The highest BCUT2D eigenvalue weighted by molar-refractivity contribution is 5.72. The lowest BCUT2D eigenvalue weighted by Crippen LogP contribution is -2.04. The van der Waals surface area contributed by atoms with E-state index in [0.29, 0.717) is 23.5 Å². The normalized spacial score (nSPS) is 10.2. The summed E-state index contributed by atoms with van der Waals surface area (Å²) in [6, 6.07) is 10.3. The van der Waals surface area contributed by atoms with E-state index in [-0.39, 0.29) is 5.75 Å². The Kier molecular flexibility index (Phi) is 3.79. The third kappa shape index (κ3) is 3.20. The molecule has 5 nitrogen and oxygen atoms in total. The van der Waals surface area contributed by atoms with E-state index in [1.54, 1.807) is 30.3 Å². The largest absolute Gasteiger partial charge is 0.506 e. The lowest BCUT2D eigenvalue weighted by atomic mass is 10.0. The number of aromatic hydroxyl groups is 1. The van der Waals surface area contributed by atoms with Gasteiger partial charge in [-0.15, -0.1) is 0 Å². The standard InChI is InChI=1S/C15H16N2O3/c1-9(18)20-15-5-3-11(8-13(15)17)6-10-2-4-14(19)12(16)7-10/h2-5,7-8,19H,6,16-17H2,1H3. The summed E-state index contributed by atoms with van der Waals surface area (Å²) >= 11 is 0. The minimum atomic E-state index is -0.407. The summed E-state index contributed by atoms with van der Waals surface area (Å²) in [5, 5.41) is 9.38. The highest BCUT2D eigenvalue weighted by Gasteiger charge is 2.06. The van der Waals surface area contributed by atoms with Crippen LogP contribution in [0.2, 0.25) is 0 Å². The topological polar surface area (TPSA) is 98.6 Å². The van der Waals surface area contributed by atoms with Gasteiger partial charge in [0.25, 0.3) is 0 Å². The number of benzene rings is 2. The first-order valence-electron chi connectivity index (χ1n) is 6.10. The van der Waals surface area contributed by atoms with Crippen LogP contribution in [0.3, 0.4) is 0 Å². The van der Waals surface area contributed by atoms with Crippen LogP contribution in [0.1, 0.15) is 18.1 Å². The van der Waals surface area contributed by atoms with E-state index in [0.717, 1.165) is 11.1 Å². The molecule has 0 aromatic heterocycles. The van der Waals surface area contributed by atoms with Crippen LogP contribution in [0.25, 0.3) is 0 Å². The molecule has 0 heterocycles. The fourth-order valence-electron chi connectivity index (χ4n) is 1.91. The molecule has 0 aliphatic rings. The molecule has 0 saturated heterocycles. The van der Waals surface area contributed by atoms with E-state index < -0.39 is 5.97 Å². The van der Waals surface area contributed by atoms with Gasteiger partial charge in [-0.1, -0.05) is 12.1 Å². The zero-order chi connectivity index (χ0) is 14.7. The molecule has 0 bridgehead atoms. The van der Waals surface area contributed by atoms with Gasteiger partial charge >= 0.3 is 5.97 Å². The average Bonchev–Trinajstić information content (AvgIpc) is 2.37. The molecule has 0 spiro atoms. The Morgan fingerprint density at radius 3 is 2.25 bits per heavy atom. The summed E-state index contributed by atoms with van der Waals surface area (Å²) < 4.78 is 4.97. The van der Waals surface area contributed by atoms with Gasteiger partial charge in [0.2, 0.25) is 0 Å². The Hall–Kier alpha value is -2.69. The highest BCUT2D eigenvalue weighted by Crippen LogP contribution is 2.26. The van der Waals surface area contributed by atoms with Crippen molar-refractivity contribution in [2.24, 2.45) is 0 Å². The van der Waals surface area contributed by atoms with Gasteiger partial charge in [-0.2, -0.15) is 0 Å². The molecule has 20 heavy (non-hydrogen) atoms. The van der Waals surface area contributed by atoms with Gasteiger partial charge in [0.1, 0.15) is 5.75 Å². The Balaban J connectivity index is 2.19. The fourth-order valence-corrected chi connectivity index (χ4v) is 1.91. The van der Waals surface area contributed by atoms with Crippen molar-refractivity contribution in [2.75, 3.05) is 11.5 Å². The maximum absolute atomic E-state index is 10.9. The zero-order valence-electron chi connectivity index (χ0n) is 11.1. The molecule has 0 amide bonds. The van der Waals surface area contributed by atoms with Crippen LogP contribution >= 0.6 is 0 Å². The number of nitrogen functional groups attached to an aromatic ring is 2. The summed E-state index contributed by atoms with van der Waals surface area (Å²) in [4.78, 5) is 10.9. The van der Waals surface area contributed by atoms with Crippen molar-refractivity contribution in [1.29, 1.82) is 0 Å². The van der Waals surface area contributed by atoms with E-state index in [1.807, 2.05) is 6.07 Å². The number of hydrogen-bond acceptors (Lipinski definition) is 5. The van der Waals surface area contributed by atoms with Gasteiger partial charge < -0.3 is 21.3 Å². The molecule has 0 aliphatic carbocycles. The molecule has 5 heteroatoms. The van der Waals surface area contributed by atoms with Crippen molar-refractivity contribution in [1.82, 2.24) is 0 Å². The number of anilines is 2. The second kappa shape index (κ2) is 5.52.